The van der Waals surface area contributed by atoms with E-state index in [0.717, 1.165) is 22.8 Å². The molecule has 0 fully saturated rings. The van der Waals surface area contributed by atoms with Gasteiger partial charge >= 0.3 is 0 Å². The Hall–Kier alpha value is -2.63. The second-order valence-electron chi connectivity index (χ2n) is 6.41. The number of aliphatic hydroxyl groups excluding tert-OH is 1. The Morgan fingerprint density at radius 2 is 1.52 bits per heavy atom. The van der Waals surface area contributed by atoms with E-state index in [0.29, 0.717) is 13.1 Å². The second-order valence-corrected chi connectivity index (χ2v) is 7.50. The minimum atomic E-state index is -0.517. The lowest BCUT2D eigenvalue weighted by Gasteiger charge is -2.34. The fraction of sp³-hybridized carbons (Fsp3) is 0.182. The van der Waals surface area contributed by atoms with Crippen LogP contribution in [-0.2, 0) is 0 Å². The summed E-state index contributed by atoms with van der Waals surface area (Å²) in [6.07, 6.45) is -0.517. The number of fused-ring (bicyclic) bond motifs is 2. The van der Waals surface area contributed by atoms with Crippen molar-refractivity contribution in [2.24, 2.45) is 0 Å². The minimum Gasteiger partial charge on any atom is -0.497 e. The number of nitrogens with one attached hydrogen (secondary N) is 1. The topological polar surface area (TPSA) is 44.7 Å². The summed E-state index contributed by atoms with van der Waals surface area (Å²) in [4.78, 5) is 4.64. The van der Waals surface area contributed by atoms with E-state index in [1.807, 2.05) is 36.4 Å². The molecule has 0 aromatic heterocycles. The van der Waals surface area contributed by atoms with E-state index in [2.05, 4.69) is 46.6 Å². The first-order valence-electron chi connectivity index (χ1n) is 8.94. The van der Waals surface area contributed by atoms with Gasteiger partial charge in [0.1, 0.15) is 5.75 Å². The van der Waals surface area contributed by atoms with Crippen molar-refractivity contribution in [3.8, 4) is 5.75 Å². The van der Waals surface area contributed by atoms with Crippen LogP contribution in [0.25, 0.3) is 0 Å². The Labute approximate surface area is 163 Å². The molecule has 1 aliphatic heterocycles. The maximum atomic E-state index is 10.7. The Kier molecular flexibility index (Phi) is 5.23. The molecule has 1 heterocycles. The van der Waals surface area contributed by atoms with E-state index in [-0.39, 0.29) is 0 Å². The largest absolute Gasteiger partial charge is 0.497 e. The van der Waals surface area contributed by atoms with Gasteiger partial charge in [-0.1, -0.05) is 36.0 Å². The third-order valence-electron chi connectivity index (χ3n) is 4.56. The van der Waals surface area contributed by atoms with Gasteiger partial charge in [0.25, 0.3) is 0 Å². The molecule has 138 valence electrons. The molecule has 27 heavy (non-hydrogen) atoms. The van der Waals surface area contributed by atoms with Gasteiger partial charge < -0.3 is 20.1 Å². The van der Waals surface area contributed by atoms with Crippen LogP contribution in [0.3, 0.4) is 0 Å². The quantitative estimate of drug-likeness (QED) is 0.647. The first-order chi connectivity index (χ1) is 13.2. The normalized spacial score (nSPS) is 13.5. The van der Waals surface area contributed by atoms with Gasteiger partial charge in [0.2, 0.25) is 0 Å². The highest BCUT2D eigenvalue weighted by Crippen LogP contribution is 2.47. The van der Waals surface area contributed by atoms with Crippen LogP contribution in [0.4, 0.5) is 17.1 Å². The lowest BCUT2D eigenvalue weighted by Crippen LogP contribution is -2.34. The molecule has 4 rings (SSSR count). The van der Waals surface area contributed by atoms with Crippen LogP contribution in [0, 0.1) is 0 Å². The van der Waals surface area contributed by atoms with E-state index in [9.17, 15) is 5.11 Å². The summed E-state index contributed by atoms with van der Waals surface area (Å²) in [5.74, 6) is 0.820. The summed E-state index contributed by atoms with van der Waals surface area (Å²) < 4.78 is 5.18. The summed E-state index contributed by atoms with van der Waals surface area (Å²) in [6.45, 7) is 0.998. The molecule has 1 aliphatic rings. The van der Waals surface area contributed by atoms with Gasteiger partial charge in [0, 0.05) is 22.0 Å². The molecule has 0 saturated carbocycles. The van der Waals surface area contributed by atoms with E-state index in [1.54, 1.807) is 18.9 Å². The molecule has 0 spiro atoms. The maximum absolute atomic E-state index is 10.7. The molecule has 0 unspecified atom stereocenters. The van der Waals surface area contributed by atoms with Crippen molar-refractivity contribution in [3.63, 3.8) is 0 Å². The third kappa shape index (κ3) is 3.89. The molecular weight excluding hydrogens is 356 g/mol. The lowest BCUT2D eigenvalue weighted by atomic mass is 10.2. The predicted molar refractivity (Wildman–Crippen MR) is 112 cm³/mol. The van der Waals surface area contributed by atoms with Crippen LogP contribution < -0.4 is 15.0 Å². The monoisotopic (exact) mass is 378 g/mol. The first-order valence-corrected chi connectivity index (χ1v) is 9.75. The van der Waals surface area contributed by atoms with Gasteiger partial charge in [0.05, 0.1) is 31.1 Å². The van der Waals surface area contributed by atoms with Crippen LogP contribution in [0.2, 0.25) is 0 Å². The highest BCUT2D eigenvalue weighted by molar-refractivity contribution is 7.99. The zero-order chi connectivity index (χ0) is 18.6. The van der Waals surface area contributed by atoms with Crippen molar-refractivity contribution in [2.45, 2.75) is 15.9 Å². The Bertz CT molecular complexity index is 869. The summed E-state index contributed by atoms with van der Waals surface area (Å²) in [6, 6.07) is 24.4. The Balaban J connectivity index is 1.48. The standard InChI is InChI=1S/C22H22N2O2S/c1-26-18-12-10-16(11-13-18)23-14-17(25)15-24-19-6-2-4-8-21(19)27-22-9-5-3-7-20(22)24/h2-13,17,23,25H,14-15H2,1H3/t17-/m1/s1. The molecule has 4 nitrogen and oxygen atoms in total. The molecular formula is C22H22N2O2S. The van der Waals surface area contributed by atoms with Crippen molar-refractivity contribution < 1.29 is 9.84 Å². The number of para-hydroxylation sites is 2. The summed E-state index contributed by atoms with van der Waals surface area (Å²) >= 11 is 1.78. The van der Waals surface area contributed by atoms with Crippen molar-refractivity contribution in [1.29, 1.82) is 0 Å². The number of ether oxygens (including phenoxy) is 1. The fourth-order valence-electron chi connectivity index (χ4n) is 3.20. The number of benzene rings is 3. The average Bonchev–Trinajstić information content (AvgIpc) is 2.72. The zero-order valence-electron chi connectivity index (χ0n) is 15.1. The van der Waals surface area contributed by atoms with E-state index < -0.39 is 6.10 Å². The van der Waals surface area contributed by atoms with Crippen LogP contribution in [0.15, 0.2) is 82.6 Å². The van der Waals surface area contributed by atoms with Crippen LogP contribution in [0.5, 0.6) is 5.75 Å². The highest BCUT2D eigenvalue weighted by atomic mass is 32.2. The molecule has 5 heteroatoms. The Morgan fingerprint density at radius 3 is 2.11 bits per heavy atom. The second kappa shape index (κ2) is 7.94. The molecule has 0 amide bonds. The number of nitrogens with zero attached hydrogens (tertiary/aromatic N) is 1. The zero-order valence-corrected chi connectivity index (χ0v) is 15.9. The van der Waals surface area contributed by atoms with E-state index in [4.69, 9.17) is 4.74 Å². The lowest BCUT2D eigenvalue weighted by molar-refractivity contribution is 0.195. The van der Waals surface area contributed by atoms with E-state index in [1.165, 1.54) is 9.79 Å². The number of rotatable bonds is 6. The number of β-amino-alcohol motifs (C(OH)–C–C–N with tert-alkyl or cyclic N) is 1. The van der Waals surface area contributed by atoms with Crippen molar-refractivity contribution in [2.75, 3.05) is 30.4 Å². The van der Waals surface area contributed by atoms with Crippen LogP contribution in [0.1, 0.15) is 0 Å². The SMILES string of the molecule is COc1ccc(NC[C@@H](O)CN2c3ccccc3Sc3ccccc32)cc1. The molecule has 3 aromatic rings. The number of hydrogen-bond acceptors (Lipinski definition) is 5. The molecule has 3 aromatic carbocycles. The number of hydrogen-bond donors (Lipinski definition) is 2. The van der Waals surface area contributed by atoms with E-state index >= 15 is 0 Å². The van der Waals surface area contributed by atoms with Gasteiger partial charge in [-0.2, -0.15) is 0 Å². The first kappa shape index (κ1) is 17.8. The molecule has 2 N–H and O–H groups in total. The van der Waals surface area contributed by atoms with Gasteiger partial charge in [-0.05, 0) is 48.5 Å². The number of anilines is 3. The molecule has 1 atom stereocenters. The smallest absolute Gasteiger partial charge is 0.119 e. The van der Waals surface area contributed by atoms with Gasteiger partial charge in [-0.25, -0.2) is 0 Å². The van der Waals surface area contributed by atoms with Crippen LogP contribution in [-0.4, -0.2) is 31.4 Å². The maximum Gasteiger partial charge on any atom is 0.119 e. The third-order valence-corrected chi connectivity index (χ3v) is 5.69. The highest BCUT2D eigenvalue weighted by Gasteiger charge is 2.24. The van der Waals surface area contributed by atoms with Crippen molar-refractivity contribution in [3.05, 3.63) is 72.8 Å². The number of aliphatic hydroxyl groups is 1. The summed E-state index contributed by atoms with van der Waals surface area (Å²) in [7, 11) is 1.65. The molecule has 0 bridgehead atoms. The number of methoxy groups -OCH3 is 1. The van der Waals surface area contributed by atoms with Crippen molar-refractivity contribution >= 4 is 28.8 Å². The summed E-state index contributed by atoms with van der Waals surface area (Å²) in [5, 5.41) is 14.0. The van der Waals surface area contributed by atoms with Gasteiger partial charge in [-0.15, -0.1) is 0 Å². The molecule has 0 radical (unpaired) electrons. The average molecular weight is 378 g/mol. The minimum absolute atomic E-state index is 0.473. The van der Waals surface area contributed by atoms with Crippen LogP contribution >= 0.6 is 11.8 Å². The van der Waals surface area contributed by atoms with Crippen molar-refractivity contribution in [1.82, 2.24) is 0 Å². The van der Waals surface area contributed by atoms with Gasteiger partial charge in [-0.3, -0.25) is 0 Å². The molecule has 0 aliphatic carbocycles. The molecule has 0 saturated heterocycles. The summed E-state index contributed by atoms with van der Waals surface area (Å²) in [5.41, 5.74) is 3.25. The predicted octanol–water partition coefficient (Wildman–Crippen LogP) is 4.77. The van der Waals surface area contributed by atoms with Gasteiger partial charge in [0.15, 0.2) is 0 Å². The Morgan fingerprint density at radius 1 is 0.926 bits per heavy atom. The fourth-order valence-corrected chi connectivity index (χ4v) is 4.29.